The van der Waals surface area contributed by atoms with Crippen molar-refractivity contribution in [3.05, 3.63) is 29.1 Å². The van der Waals surface area contributed by atoms with E-state index in [1.54, 1.807) is 0 Å². The number of nitrogens with zero attached hydrogens (tertiary/aromatic N) is 2. The summed E-state index contributed by atoms with van der Waals surface area (Å²) in [6, 6.07) is 3.76. The molecule has 1 aromatic rings. The summed E-state index contributed by atoms with van der Waals surface area (Å²) in [5.41, 5.74) is 2.47. The van der Waals surface area contributed by atoms with Gasteiger partial charge in [0.2, 0.25) is 0 Å². The summed E-state index contributed by atoms with van der Waals surface area (Å²) in [4.78, 5) is 18.5. The summed E-state index contributed by atoms with van der Waals surface area (Å²) in [6.07, 6.45) is 0.970. The first-order valence-corrected chi connectivity index (χ1v) is 7.01. The second-order valence-electron chi connectivity index (χ2n) is 4.01. The van der Waals surface area contributed by atoms with Gasteiger partial charge in [-0.15, -0.1) is 0 Å². The van der Waals surface area contributed by atoms with E-state index >= 15 is 0 Å². The summed E-state index contributed by atoms with van der Waals surface area (Å²) in [5.74, 6) is 0.0819. The van der Waals surface area contributed by atoms with E-state index in [-0.39, 0.29) is 5.91 Å². The predicted molar refractivity (Wildman–Crippen MR) is 73.7 cm³/mol. The average molecular weight is 299 g/mol. The van der Waals surface area contributed by atoms with Gasteiger partial charge in [-0.25, -0.2) is 0 Å². The van der Waals surface area contributed by atoms with E-state index in [0.717, 1.165) is 36.2 Å². The summed E-state index contributed by atoms with van der Waals surface area (Å²) in [6.45, 7) is 7.35. The number of rotatable bonds is 5. The van der Waals surface area contributed by atoms with E-state index in [4.69, 9.17) is 0 Å². The highest BCUT2D eigenvalue weighted by Gasteiger charge is 2.16. The lowest BCUT2D eigenvalue weighted by atomic mass is 10.1. The maximum atomic E-state index is 12.3. The quantitative estimate of drug-likeness (QED) is 0.783. The van der Waals surface area contributed by atoms with Gasteiger partial charge in [-0.2, -0.15) is 0 Å². The molecular weight excluding hydrogens is 280 g/mol. The molecule has 0 spiro atoms. The van der Waals surface area contributed by atoms with Gasteiger partial charge in [0.05, 0.1) is 11.3 Å². The van der Waals surface area contributed by atoms with Crippen molar-refractivity contribution in [1.29, 1.82) is 0 Å². The lowest BCUT2D eigenvalue weighted by Crippen LogP contribution is -2.32. The van der Waals surface area contributed by atoms with Gasteiger partial charge in [0.25, 0.3) is 5.91 Å². The van der Waals surface area contributed by atoms with Crippen molar-refractivity contribution in [3.63, 3.8) is 0 Å². The Kier molecular flexibility index (Phi) is 5.62. The van der Waals surface area contributed by atoms with E-state index in [2.05, 4.69) is 20.9 Å². The number of pyridine rings is 1. The van der Waals surface area contributed by atoms with E-state index in [9.17, 15) is 4.79 Å². The monoisotopic (exact) mass is 298 g/mol. The highest BCUT2D eigenvalue weighted by atomic mass is 79.9. The Balaban J connectivity index is 2.86. The molecule has 0 unspecified atom stereocenters. The van der Waals surface area contributed by atoms with Crippen LogP contribution in [-0.2, 0) is 0 Å². The number of hydrogen-bond donors (Lipinski definition) is 0. The number of aromatic nitrogens is 1. The molecule has 0 aromatic carbocycles. The van der Waals surface area contributed by atoms with Crippen LogP contribution in [0.3, 0.4) is 0 Å². The molecule has 1 amide bonds. The van der Waals surface area contributed by atoms with Gasteiger partial charge in [0.1, 0.15) is 0 Å². The maximum Gasteiger partial charge on any atom is 0.255 e. The lowest BCUT2D eigenvalue weighted by molar-refractivity contribution is 0.0764. The number of carbonyl (C=O) groups excluding carboxylic acids is 1. The smallest absolute Gasteiger partial charge is 0.255 e. The summed E-state index contributed by atoms with van der Waals surface area (Å²) in [7, 11) is 0. The van der Waals surface area contributed by atoms with E-state index in [0.29, 0.717) is 5.56 Å². The van der Waals surface area contributed by atoms with Crippen LogP contribution in [0.15, 0.2) is 12.1 Å². The van der Waals surface area contributed by atoms with Crippen LogP contribution in [-0.4, -0.2) is 34.2 Å². The first kappa shape index (κ1) is 14.2. The summed E-state index contributed by atoms with van der Waals surface area (Å²) >= 11 is 3.39. The Morgan fingerprint density at radius 1 is 1.41 bits per heavy atom. The zero-order valence-corrected chi connectivity index (χ0v) is 12.2. The van der Waals surface area contributed by atoms with Gasteiger partial charge in [-0.1, -0.05) is 15.9 Å². The van der Waals surface area contributed by atoms with Gasteiger partial charge >= 0.3 is 0 Å². The van der Waals surface area contributed by atoms with Crippen molar-refractivity contribution in [2.45, 2.75) is 27.2 Å². The molecule has 4 heteroatoms. The largest absolute Gasteiger partial charge is 0.339 e. The number of halogens is 1. The average Bonchev–Trinajstić information content (AvgIpc) is 2.29. The molecule has 0 atom stereocenters. The van der Waals surface area contributed by atoms with Gasteiger partial charge in [0, 0.05) is 24.1 Å². The fraction of sp³-hybridized carbons (Fsp3) is 0.538. The van der Waals surface area contributed by atoms with Crippen molar-refractivity contribution >= 4 is 21.8 Å². The third kappa shape index (κ3) is 3.80. The highest BCUT2D eigenvalue weighted by molar-refractivity contribution is 9.09. The van der Waals surface area contributed by atoms with Crippen molar-refractivity contribution < 1.29 is 4.79 Å². The summed E-state index contributed by atoms with van der Waals surface area (Å²) < 4.78 is 0. The normalized spacial score (nSPS) is 10.4. The molecule has 0 aliphatic rings. The van der Waals surface area contributed by atoms with Crippen LogP contribution in [0.2, 0.25) is 0 Å². The number of carbonyl (C=O) groups is 1. The molecule has 1 heterocycles. The van der Waals surface area contributed by atoms with E-state index < -0.39 is 0 Å². The number of amides is 1. The Morgan fingerprint density at radius 3 is 2.65 bits per heavy atom. The molecule has 1 rings (SSSR count). The van der Waals surface area contributed by atoms with Crippen LogP contribution < -0.4 is 0 Å². The van der Waals surface area contributed by atoms with Crippen molar-refractivity contribution in [2.75, 3.05) is 18.4 Å². The molecule has 3 nitrogen and oxygen atoms in total. The maximum absolute atomic E-state index is 12.3. The van der Waals surface area contributed by atoms with Gasteiger partial charge < -0.3 is 4.90 Å². The van der Waals surface area contributed by atoms with Crippen molar-refractivity contribution in [2.24, 2.45) is 0 Å². The third-order valence-corrected chi connectivity index (χ3v) is 3.25. The molecule has 0 saturated heterocycles. The summed E-state index contributed by atoms with van der Waals surface area (Å²) in [5, 5.41) is 0.919. The molecule has 0 saturated carbocycles. The Morgan fingerprint density at radius 2 is 2.12 bits per heavy atom. The molecule has 1 aromatic heterocycles. The predicted octanol–water partition coefficient (Wildman–Crippen LogP) is 2.95. The minimum atomic E-state index is 0.0819. The number of alkyl halides is 1. The Hall–Kier alpha value is -0.900. The first-order valence-electron chi connectivity index (χ1n) is 5.89. The molecule has 0 radical (unpaired) electrons. The second-order valence-corrected chi connectivity index (χ2v) is 4.81. The third-order valence-electron chi connectivity index (χ3n) is 2.69. The Labute approximate surface area is 111 Å². The molecule has 0 aliphatic heterocycles. The standard InChI is InChI=1S/C13H19BrN2O/c1-4-16(9-5-8-14)13(17)12-7-6-10(2)15-11(12)3/h6-7H,4-5,8-9H2,1-3H3. The zero-order valence-electron chi connectivity index (χ0n) is 10.7. The molecule has 0 bridgehead atoms. The molecular formula is C13H19BrN2O. The van der Waals surface area contributed by atoms with Crippen LogP contribution in [0.4, 0.5) is 0 Å². The molecule has 0 fully saturated rings. The SMILES string of the molecule is CCN(CCCBr)C(=O)c1ccc(C)nc1C. The topological polar surface area (TPSA) is 33.2 Å². The van der Waals surface area contributed by atoms with Crippen LogP contribution in [0, 0.1) is 13.8 Å². The van der Waals surface area contributed by atoms with Crippen LogP contribution in [0.5, 0.6) is 0 Å². The second kappa shape index (κ2) is 6.74. The fourth-order valence-electron chi connectivity index (χ4n) is 1.74. The highest BCUT2D eigenvalue weighted by Crippen LogP contribution is 2.10. The lowest BCUT2D eigenvalue weighted by Gasteiger charge is -2.21. The van der Waals surface area contributed by atoms with Gasteiger partial charge in [-0.3, -0.25) is 9.78 Å². The van der Waals surface area contributed by atoms with Gasteiger partial charge in [0.15, 0.2) is 0 Å². The molecule has 0 aliphatic carbocycles. The van der Waals surface area contributed by atoms with E-state index in [1.807, 2.05) is 37.8 Å². The number of hydrogen-bond acceptors (Lipinski definition) is 2. The van der Waals surface area contributed by atoms with Crippen molar-refractivity contribution in [3.8, 4) is 0 Å². The van der Waals surface area contributed by atoms with Crippen molar-refractivity contribution in [1.82, 2.24) is 9.88 Å². The number of aryl methyl sites for hydroxylation is 2. The first-order chi connectivity index (χ1) is 8.10. The van der Waals surface area contributed by atoms with Gasteiger partial charge in [-0.05, 0) is 39.3 Å². The Bertz CT molecular complexity index is 393. The minimum Gasteiger partial charge on any atom is -0.339 e. The molecule has 0 N–H and O–H groups in total. The van der Waals surface area contributed by atoms with Crippen LogP contribution in [0.1, 0.15) is 35.1 Å². The minimum absolute atomic E-state index is 0.0819. The van der Waals surface area contributed by atoms with E-state index in [1.165, 1.54) is 0 Å². The van der Waals surface area contributed by atoms with Crippen LogP contribution >= 0.6 is 15.9 Å². The molecule has 17 heavy (non-hydrogen) atoms. The zero-order chi connectivity index (χ0) is 12.8. The fourth-order valence-corrected chi connectivity index (χ4v) is 1.99. The molecule has 94 valence electrons. The van der Waals surface area contributed by atoms with Crippen LogP contribution in [0.25, 0.3) is 0 Å².